The number of urea groups is 1. The molecule has 3 N–H and O–H groups in total. The van der Waals surface area contributed by atoms with Crippen molar-refractivity contribution in [2.24, 2.45) is 0 Å². The van der Waals surface area contributed by atoms with E-state index >= 15 is 0 Å². The molecule has 0 aromatic heterocycles. The Balaban J connectivity index is 2.51. The second-order valence-corrected chi connectivity index (χ2v) is 3.55. The smallest absolute Gasteiger partial charge is 0.325 e. The summed E-state index contributed by atoms with van der Waals surface area (Å²) in [5.41, 5.74) is -0.166. The summed E-state index contributed by atoms with van der Waals surface area (Å²) in [6, 6.07) is 1.36. The van der Waals surface area contributed by atoms with Gasteiger partial charge in [-0.3, -0.25) is 14.9 Å². The van der Waals surface area contributed by atoms with E-state index in [1.54, 1.807) is 0 Å². The highest BCUT2D eigenvalue weighted by atomic mass is 19.1. The molecule has 8 heteroatoms. The van der Waals surface area contributed by atoms with Gasteiger partial charge in [0.05, 0.1) is 6.42 Å². The quantitative estimate of drug-likeness (QED) is 0.773. The summed E-state index contributed by atoms with van der Waals surface area (Å²) in [5.74, 6) is -3.75. The molecule has 0 saturated carbocycles. The highest BCUT2D eigenvalue weighted by Gasteiger charge is 2.10. The van der Waals surface area contributed by atoms with Crippen molar-refractivity contribution in [3.05, 3.63) is 29.8 Å². The molecule has 1 aromatic rings. The molecule has 0 aliphatic rings. The van der Waals surface area contributed by atoms with Crippen molar-refractivity contribution >= 4 is 23.6 Å². The summed E-state index contributed by atoms with van der Waals surface area (Å²) < 4.78 is 25.6. The van der Waals surface area contributed by atoms with E-state index in [9.17, 15) is 23.2 Å². The van der Waals surface area contributed by atoms with Crippen LogP contribution in [0.3, 0.4) is 0 Å². The minimum absolute atomic E-state index is 0.166. The molecule has 0 unspecified atom stereocenters. The lowest BCUT2D eigenvalue weighted by molar-refractivity contribution is -0.138. The Morgan fingerprint density at radius 2 is 1.63 bits per heavy atom. The lowest BCUT2D eigenvalue weighted by Gasteiger charge is -2.06. The molecule has 0 heterocycles. The number of carboxylic acid groups (broad SMARTS) is 1. The predicted molar refractivity (Wildman–Crippen MR) is 60.4 cm³/mol. The number of benzene rings is 1. The maximum absolute atomic E-state index is 12.8. The highest BCUT2D eigenvalue weighted by molar-refractivity contribution is 6.01. The third kappa shape index (κ3) is 5.57. The molecule has 1 rings (SSSR count). The molecule has 0 saturated heterocycles. The largest absolute Gasteiger partial charge is 0.481 e. The van der Waals surface area contributed by atoms with Crippen LogP contribution in [-0.4, -0.2) is 23.0 Å². The molecule has 0 radical (unpaired) electrons. The SMILES string of the molecule is O=C(O)CCC(=O)NC(=O)Nc1cc(F)cc(F)c1. The average Bonchev–Trinajstić information content (AvgIpc) is 2.24. The summed E-state index contributed by atoms with van der Waals surface area (Å²) in [5, 5.41) is 12.2. The van der Waals surface area contributed by atoms with Gasteiger partial charge in [0.1, 0.15) is 11.6 Å². The second kappa shape index (κ2) is 6.43. The highest BCUT2D eigenvalue weighted by Crippen LogP contribution is 2.12. The van der Waals surface area contributed by atoms with E-state index < -0.39 is 36.0 Å². The average molecular weight is 272 g/mol. The van der Waals surface area contributed by atoms with Crippen molar-refractivity contribution in [2.75, 3.05) is 5.32 Å². The van der Waals surface area contributed by atoms with Crippen LogP contribution in [-0.2, 0) is 9.59 Å². The normalized spacial score (nSPS) is 9.79. The van der Waals surface area contributed by atoms with Crippen LogP contribution in [0.15, 0.2) is 18.2 Å². The number of rotatable bonds is 4. The molecule has 0 aliphatic carbocycles. The standard InChI is InChI=1S/C11H10F2N2O4/c12-6-3-7(13)5-8(4-6)14-11(19)15-9(16)1-2-10(17)18/h3-5H,1-2H2,(H,17,18)(H2,14,15,16,19). The van der Waals surface area contributed by atoms with Crippen molar-refractivity contribution in [3.63, 3.8) is 0 Å². The molecular formula is C11H10F2N2O4. The van der Waals surface area contributed by atoms with Gasteiger partial charge in [0, 0.05) is 18.2 Å². The lowest BCUT2D eigenvalue weighted by Crippen LogP contribution is -2.34. The van der Waals surface area contributed by atoms with Gasteiger partial charge in [-0.25, -0.2) is 13.6 Å². The van der Waals surface area contributed by atoms with E-state index in [2.05, 4.69) is 0 Å². The minimum Gasteiger partial charge on any atom is -0.481 e. The number of imide groups is 1. The van der Waals surface area contributed by atoms with Crippen LogP contribution in [0.25, 0.3) is 0 Å². The van der Waals surface area contributed by atoms with Crippen LogP contribution >= 0.6 is 0 Å². The fraction of sp³-hybridized carbons (Fsp3) is 0.182. The maximum Gasteiger partial charge on any atom is 0.325 e. The van der Waals surface area contributed by atoms with Crippen LogP contribution in [0.2, 0.25) is 0 Å². The molecule has 3 amide bonds. The van der Waals surface area contributed by atoms with E-state index in [0.717, 1.165) is 12.1 Å². The Kier molecular flexibility index (Phi) is 4.92. The van der Waals surface area contributed by atoms with E-state index in [0.29, 0.717) is 6.07 Å². The number of nitrogens with one attached hydrogen (secondary N) is 2. The maximum atomic E-state index is 12.8. The monoisotopic (exact) mass is 272 g/mol. The first-order valence-corrected chi connectivity index (χ1v) is 5.15. The Bertz CT molecular complexity index is 499. The molecule has 0 aliphatic heterocycles. The Morgan fingerprint density at radius 1 is 1.05 bits per heavy atom. The van der Waals surface area contributed by atoms with Crippen LogP contribution in [0.5, 0.6) is 0 Å². The number of carbonyl (C=O) groups is 3. The van der Waals surface area contributed by atoms with Crippen molar-refractivity contribution in [1.82, 2.24) is 5.32 Å². The van der Waals surface area contributed by atoms with E-state index in [4.69, 9.17) is 5.11 Å². The Labute approximate surface area is 106 Å². The van der Waals surface area contributed by atoms with Gasteiger partial charge in [-0.1, -0.05) is 0 Å². The van der Waals surface area contributed by atoms with Crippen molar-refractivity contribution < 1.29 is 28.3 Å². The van der Waals surface area contributed by atoms with Gasteiger partial charge in [-0.05, 0) is 12.1 Å². The van der Waals surface area contributed by atoms with Crippen LogP contribution in [0, 0.1) is 11.6 Å². The second-order valence-electron chi connectivity index (χ2n) is 3.55. The third-order valence-electron chi connectivity index (χ3n) is 1.94. The van der Waals surface area contributed by atoms with Gasteiger partial charge in [0.25, 0.3) is 0 Å². The summed E-state index contributed by atoms with van der Waals surface area (Å²) >= 11 is 0. The fourth-order valence-corrected chi connectivity index (χ4v) is 1.20. The van der Waals surface area contributed by atoms with Crippen molar-refractivity contribution in [2.45, 2.75) is 12.8 Å². The fourth-order valence-electron chi connectivity index (χ4n) is 1.20. The number of carboxylic acids is 1. The Morgan fingerprint density at radius 3 is 2.16 bits per heavy atom. The van der Waals surface area contributed by atoms with Gasteiger partial charge in [-0.15, -0.1) is 0 Å². The first kappa shape index (κ1) is 14.6. The lowest BCUT2D eigenvalue weighted by atomic mass is 10.3. The van der Waals surface area contributed by atoms with Crippen LogP contribution in [0.4, 0.5) is 19.3 Å². The molecule has 102 valence electrons. The zero-order valence-electron chi connectivity index (χ0n) is 9.57. The summed E-state index contributed by atoms with van der Waals surface area (Å²) in [6.07, 6.45) is -0.798. The molecule has 19 heavy (non-hydrogen) atoms. The zero-order valence-corrected chi connectivity index (χ0v) is 9.57. The number of halogens is 2. The van der Waals surface area contributed by atoms with Crippen molar-refractivity contribution in [3.8, 4) is 0 Å². The Hall–Kier alpha value is -2.51. The first-order chi connectivity index (χ1) is 8.86. The predicted octanol–water partition coefficient (Wildman–Crippen LogP) is 1.48. The summed E-state index contributed by atoms with van der Waals surface area (Å²) in [4.78, 5) is 32.5. The van der Waals surface area contributed by atoms with Crippen LogP contribution < -0.4 is 10.6 Å². The molecular weight excluding hydrogens is 262 g/mol. The molecule has 6 nitrogen and oxygen atoms in total. The minimum atomic E-state index is -1.18. The van der Waals surface area contributed by atoms with E-state index in [1.165, 1.54) is 0 Å². The number of hydrogen-bond acceptors (Lipinski definition) is 3. The van der Waals surface area contributed by atoms with Gasteiger partial charge in [-0.2, -0.15) is 0 Å². The number of anilines is 1. The topological polar surface area (TPSA) is 95.5 Å². The molecule has 1 aromatic carbocycles. The third-order valence-corrected chi connectivity index (χ3v) is 1.94. The first-order valence-electron chi connectivity index (χ1n) is 5.15. The molecule has 0 spiro atoms. The number of hydrogen-bond donors (Lipinski definition) is 3. The van der Waals surface area contributed by atoms with Crippen molar-refractivity contribution in [1.29, 1.82) is 0 Å². The summed E-state index contributed by atoms with van der Waals surface area (Å²) in [6.45, 7) is 0. The number of aliphatic carboxylic acids is 1. The number of carbonyl (C=O) groups excluding carboxylic acids is 2. The van der Waals surface area contributed by atoms with Gasteiger partial charge >= 0.3 is 12.0 Å². The zero-order chi connectivity index (χ0) is 14.4. The van der Waals surface area contributed by atoms with Gasteiger partial charge in [0.15, 0.2) is 0 Å². The van der Waals surface area contributed by atoms with Gasteiger partial charge in [0.2, 0.25) is 5.91 Å². The van der Waals surface area contributed by atoms with Gasteiger partial charge < -0.3 is 10.4 Å². The molecule has 0 atom stereocenters. The molecule has 0 bridgehead atoms. The number of amides is 3. The summed E-state index contributed by atoms with van der Waals surface area (Å²) in [7, 11) is 0. The van der Waals surface area contributed by atoms with E-state index in [-0.39, 0.29) is 12.1 Å². The van der Waals surface area contributed by atoms with E-state index in [1.807, 2.05) is 10.6 Å². The van der Waals surface area contributed by atoms with Crippen LogP contribution in [0.1, 0.15) is 12.8 Å². The molecule has 0 fully saturated rings.